The van der Waals surface area contributed by atoms with Crippen molar-refractivity contribution < 1.29 is 18.7 Å². The van der Waals surface area contributed by atoms with Crippen LogP contribution in [0.25, 0.3) is 10.9 Å². The molecule has 2 fully saturated rings. The van der Waals surface area contributed by atoms with Gasteiger partial charge in [-0.3, -0.25) is 9.79 Å². The first-order chi connectivity index (χ1) is 15.1. The van der Waals surface area contributed by atoms with Crippen molar-refractivity contribution in [1.82, 2.24) is 4.57 Å². The number of anilines is 1. The zero-order valence-corrected chi connectivity index (χ0v) is 19.2. The number of carboxylic acid groups (broad SMARTS) is 1. The van der Waals surface area contributed by atoms with Crippen LogP contribution >= 0.6 is 11.8 Å². The molecule has 6 nitrogen and oxygen atoms in total. The van der Waals surface area contributed by atoms with E-state index in [0.717, 1.165) is 25.3 Å². The Labute approximate surface area is 189 Å². The fraction of sp³-hybridized carbons (Fsp3) is 0.522. The van der Waals surface area contributed by atoms with E-state index in [1.54, 1.807) is 16.7 Å². The van der Waals surface area contributed by atoms with Crippen LogP contribution in [0.2, 0.25) is 0 Å². The summed E-state index contributed by atoms with van der Waals surface area (Å²) in [5.41, 5.74) is -1.47. The average Bonchev–Trinajstić information content (AvgIpc) is 3.44. The molecule has 1 unspecified atom stereocenters. The van der Waals surface area contributed by atoms with Gasteiger partial charge in [0.1, 0.15) is 17.1 Å². The molecule has 32 heavy (non-hydrogen) atoms. The molecule has 2 heterocycles. The fourth-order valence-electron chi connectivity index (χ4n) is 4.04. The molecular weight excluding hydrogens is 436 g/mol. The molecule has 0 spiro atoms. The highest BCUT2D eigenvalue weighted by atomic mass is 32.2. The van der Waals surface area contributed by atoms with Gasteiger partial charge in [-0.2, -0.15) is 0 Å². The van der Waals surface area contributed by atoms with Crippen LogP contribution in [-0.4, -0.2) is 46.1 Å². The number of hydrogen-bond donors (Lipinski definition) is 1. The Morgan fingerprint density at radius 1 is 1.31 bits per heavy atom. The summed E-state index contributed by atoms with van der Waals surface area (Å²) in [6.45, 7) is 7.20. The van der Waals surface area contributed by atoms with Gasteiger partial charge in [0.25, 0.3) is 0 Å². The lowest BCUT2D eigenvalue weighted by Gasteiger charge is -2.22. The number of benzene rings is 1. The molecule has 1 N–H and O–H groups in total. The summed E-state index contributed by atoms with van der Waals surface area (Å²) >= 11 is 1.66. The highest BCUT2D eigenvalue weighted by Crippen LogP contribution is 2.40. The second kappa shape index (κ2) is 8.50. The molecule has 172 valence electrons. The average molecular weight is 464 g/mol. The molecule has 1 saturated heterocycles. The number of aromatic nitrogens is 1. The molecule has 9 heteroatoms. The monoisotopic (exact) mass is 463 g/mol. The summed E-state index contributed by atoms with van der Waals surface area (Å²) in [5.74, 6) is -2.44. The molecule has 0 bridgehead atoms. The van der Waals surface area contributed by atoms with E-state index in [2.05, 4.69) is 25.8 Å². The second-order valence-electron chi connectivity index (χ2n) is 9.56. The number of carbonyl (C=O) groups is 1. The van der Waals surface area contributed by atoms with Crippen LogP contribution in [0.15, 0.2) is 22.1 Å². The van der Waals surface area contributed by atoms with Crippen molar-refractivity contribution in [2.24, 2.45) is 10.4 Å². The smallest absolute Gasteiger partial charge is 0.341 e. The van der Waals surface area contributed by atoms with E-state index in [1.807, 2.05) is 6.21 Å². The molecule has 1 aromatic carbocycles. The number of aromatic carboxylic acids is 1. The second-order valence-corrected chi connectivity index (χ2v) is 10.8. The number of carboxylic acids is 1. The first-order valence-corrected chi connectivity index (χ1v) is 11.8. The van der Waals surface area contributed by atoms with Gasteiger partial charge in [0.05, 0.1) is 16.8 Å². The molecule has 2 aromatic rings. The number of hydrogen-bond acceptors (Lipinski definition) is 5. The van der Waals surface area contributed by atoms with Gasteiger partial charge in [0.2, 0.25) is 5.43 Å². The Hall–Kier alpha value is -2.42. The molecule has 2 aliphatic rings. The highest BCUT2D eigenvalue weighted by Gasteiger charge is 2.33. The third kappa shape index (κ3) is 4.53. The molecule has 1 aliphatic heterocycles. The van der Waals surface area contributed by atoms with Gasteiger partial charge in [-0.25, -0.2) is 13.6 Å². The third-order valence-corrected chi connectivity index (χ3v) is 6.83. The minimum atomic E-state index is -1.40. The first kappa shape index (κ1) is 22.8. The minimum Gasteiger partial charge on any atom is -0.477 e. The van der Waals surface area contributed by atoms with Gasteiger partial charge in [0, 0.05) is 36.8 Å². The Morgan fingerprint density at radius 3 is 2.66 bits per heavy atom. The summed E-state index contributed by atoms with van der Waals surface area (Å²) in [4.78, 5) is 30.2. The lowest BCUT2D eigenvalue weighted by Crippen LogP contribution is -2.25. The molecule has 1 saturated carbocycles. The molecular formula is C23H27F2N3O3S. The SMILES string of the molecule is CC(C)(C)C=NCSC1CCN(c2c(F)cc3c(=O)c(C(=O)O)cn(C4CC4)c3c2F)C1. The van der Waals surface area contributed by atoms with Crippen molar-refractivity contribution in [1.29, 1.82) is 0 Å². The predicted molar refractivity (Wildman–Crippen MR) is 124 cm³/mol. The predicted octanol–water partition coefficient (Wildman–Crippen LogP) is 4.70. The van der Waals surface area contributed by atoms with E-state index >= 15 is 8.78 Å². The summed E-state index contributed by atoms with van der Waals surface area (Å²) in [6, 6.07) is 0.918. The molecule has 1 atom stereocenters. The number of pyridine rings is 1. The van der Waals surface area contributed by atoms with E-state index in [1.165, 1.54) is 10.8 Å². The van der Waals surface area contributed by atoms with Crippen LogP contribution in [0, 0.1) is 17.0 Å². The molecule has 1 aromatic heterocycles. The molecule has 1 aliphatic carbocycles. The maximum absolute atomic E-state index is 15.7. The van der Waals surface area contributed by atoms with Crippen molar-refractivity contribution in [2.45, 2.75) is 51.3 Å². The van der Waals surface area contributed by atoms with E-state index in [0.29, 0.717) is 19.0 Å². The number of nitrogens with zero attached hydrogens (tertiary/aromatic N) is 3. The summed E-state index contributed by atoms with van der Waals surface area (Å²) < 4.78 is 32.2. The molecule has 0 radical (unpaired) electrons. The van der Waals surface area contributed by atoms with Gasteiger partial charge in [0.15, 0.2) is 5.82 Å². The fourth-order valence-corrected chi connectivity index (χ4v) is 4.97. The van der Waals surface area contributed by atoms with Crippen LogP contribution in [-0.2, 0) is 0 Å². The molecule has 0 amide bonds. The van der Waals surface area contributed by atoms with Crippen LogP contribution < -0.4 is 10.3 Å². The maximum atomic E-state index is 15.7. The van der Waals surface area contributed by atoms with Gasteiger partial charge in [-0.05, 0) is 30.7 Å². The highest BCUT2D eigenvalue weighted by molar-refractivity contribution is 7.99. The lowest BCUT2D eigenvalue weighted by molar-refractivity contribution is 0.0694. The Balaban J connectivity index is 1.65. The van der Waals surface area contributed by atoms with E-state index in [9.17, 15) is 14.7 Å². The normalized spacial score (nSPS) is 19.4. The van der Waals surface area contributed by atoms with Crippen LogP contribution in [0.4, 0.5) is 14.5 Å². The number of rotatable bonds is 6. The Kier molecular flexibility index (Phi) is 6.04. The standard InChI is InChI=1S/C23H27F2N3O3S/c1-23(2,3)11-26-12-32-14-6-7-27(9-14)20-17(24)8-15-19(18(20)25)28(13-4-5-13)10-16(21(15)29)22(30)31/h8,10-11,13-14H,4-7,9,12H2,1-3H3,(H,30,31). The minimum absolute atomic E-state index is 0.00946. The van der Waals surface area contributed by atoms with Gasteiger partial charge < -0.3 is 14.6 Å². The molecule has 4 rings (SSSR count). The summed E-state index contributed by atoms with van der Waals surface area (Å²) in [5, 5.41) is 9.33. The van der Waals surface area contributed by atoms with Gasteiger partial charge >= 0.3 is 5.97 Å². The third-order valence-electron chi connectivity index (χ3n) is 5.68. The zero-order chi connectivity index (χ0) is 23.2. The number of aliphatic imine (C=N–C) groups is 1. The van der Waals surface area contributed by atoms with E-state index in [4.69, 9.17) is 0 Å². The van der Waals surface area contributed by atoms with E-state index < -0.39 is 28.6 Å². The number of thioether (sulfide) groups is 1. The van der Waals surface area contributed by atoms with Crippen molar-refractivity contribution >= 4 is 40.5 Å². The first-order valence-electron chi connectivity index (χ1n) is 10.7. The number of fused-ring (bicyclic) bond motifs is 1. The Morgan fingerprint density at radius 2 is 2.03 bits per heavy atom. The van der Waals surface area contributed by atoms with Crippen LogP contribution in [0.3, 0.4) is 0 Å². The summed E-state index contributed by atoms with van der Waals surface area (Å²) in [6.07, 6.45) is 5.42. The van der Waals surface area contributed by atoms with Crippen LogP contribution in [0.1, 0.15) is 56.4 Å². The quantitative estimate of drug-likeness (QED) is 0.629. The van der Waals surface area contributed by atoms with Crippen molar-refractivity contribution in [2.75, 3.05) is 23.9 Å². The lowest BCUT2D eigenvalue weighted by atomic mass is 9.99. The van der Waals surface area contributed by atoms with Crippen molar-refractivity contribution in [3.05, 3.63) is 39.7 Å². The van der Waals surface area contributed by atoms with Gasteiger partial charge in [-0.15, -0.1) is 11.8 Å². The topological polar surface area (TPSA) is 74.9 Å². The van der Waals surface area contributed by atoms with E-state index in [-0.39, 0.29) is 33.3 Å². The zero-order valence-electron chi connectivity index (χ0n) is 18.4. The van der Waals surface area contributed by atoms with Crippen LogP contribution in [0.5, 0.6) is 0 Å². The summed E-state index contributed by atoms with van der Waals surface area (Å²) in [7, 11) is 0. The largest absolute Gasteiger partial charge is 0.477 e. The maximum Gasteiger partial charge on any atom is 0.341 e. The van der Waals surface area contributed by atoms with Crippen molar-refractivity contribution in [3.63, 3.8) is 0 Å². The number of halogens is 2. The van der Waals surface area contributed by atoms with Crippen molar-refractivity contribution in [3.8, 4) is 0 Å². The van der Waals surface area contributed by atoms with Gasteiger partial charge in [-0.1, -0.05) is 20.8 Å². The Bertz CT molecular complexity index is 1150.